The molecule has 0 radical (unpaired) electrons. The molecule has 1 aliphatic carbocycles. The molecule has 0 spiro atoms. The Morgan fingerprint density at radius 1 is 1.00 bits per heavy atom. The molecular weight excluding hydrogens is 282 g/mol. The van der Waals surface area contributed by atoms with Crippen molar-refractivity contribution in [3.8, 4) is 17.4 Å². The zero-order valence-corrected chi connectivity index (χ0v) is 12.9. The summed E-state index contributed by atoms with van der Waals surface area (Å²) in [5.41, 5.74) is 6.71. The Morgan fingerprint density at radius 3 is 2.36 bits per heavy atom. The van der Waals surface area contributed by atoms with Crippen molar-refractivity contribution in [1.82, 2.24) is 9.97 Å². The lowest BCUT2D eigenvalue weighted by molar-refractivity contribution is 0.143. The number of fused-ring (bicyclic) bond motifs is 1. The molecule has 1 saturated carbocycles. The van der Waals surface area contributed by atoms with Crippen LogP contribution in [0.3, 0.4) is 0 Å². The van der Waals surface area contributed by atoms with E-state index in [1.54, 1.807) is 14.2 Å². The predicted octanol–water partition coefficient (Wildman–Crippen LogP) is 2.30. The first kappa shape index (κ1) is 14.8. The molecule has 1 aliphatic rings. The molecule has 6 nitrogen and oxygen atoms in total. The topological polar surface area (TPSA) is 79.5 Å². The molecule has 0 saturated heterocycles. The van der Waals surface area contributed by atoms with Crippen molar-refractivity contribution in [1.29, 1.82) is 0 Å². The second kappa shape index (κ2) is 6.36. The van der Waals surface area contributed by atoms with Crippen molar-refractivity contribution >= 4 is 10.9 Å². The Kier molecular flexibility index (Phi) is 4.29. The standard InChI is InChI=1S/C16H21N3O3/c1-20-14-7-12-13(8-15(14)21-2)18-9-19-16(12)22-11-5-3-10(17)4-6-11/h7-11H,3-6,17H2,1-2H3. The van der Waals surface area contributed by atoms with Crippen molar-refractivity contribution in [3.05, 3.63) is 18.5 Å². The van der Waals surface area contributed by atoms with Gasteiger partial charge in [-0.2, -0.15) is 0 Å². The van der Waals surface area contributed by atoms with E-state index < -0.39 is 0 Å². The number of hydrogen-bond donors (Lipinski definition) is 1. The van der Waals surface area contributed by atoms with Crippen molar-refractivity contribution in [3.63, 3.8) is 0 Å². The van der Waals surface area contributed by atoms with Crippen molar-refractivity contribution in [2.75, 3.05) is 14.2 Å². The van der Waals surface area contributed by atoms with Crippen LogP contribution < -0.4 is 19.9 Å². The monoisotopic (exact) mass is 303 g/mol. The minimum Gasteiger partial charge on any atom is -0.493 e. The molecule has 118 valence electrons. The number of nitrogens with two attached hydrogens (primary N) is 1. The van der Waals surface area contributed by atoms with Crippen molar-refractivity contribution in [2.45, 2.75) is 37.8 Å². The van der Waals surface area contributed by atoms with E-state index >= 15 is 0 Å². The fraction of sp³-hybridized carbons (Fsp3) is 0.500. The van der Waals surface area contributed by atoms with Crippen LogP contribution in [0.1, 0.15) is 25.7 Å². The van der Waals surface area contributed by atoms with Crippen LogP contribution >= 0.6 is 0 Å². The first-order valence-corrected chi connectivity index (χ1v) is 7.50. The Hall–Kier alpha value is -2.08. The molecule has 0 amide bonds. The highest BCUT2D eigenvalue weighted by Gasteiger charge is 2.21. The van der Waals surface area contributed by atoms with E-state index in [-0.39, 0.29) is 6.10 Å². The summed E-state index contributed by atoms with van der Waals surface area (Å²) >= 11 is 0. The van der Waals surface area contributed by atoms with Crippen LogP contribution in [0.4, 0.5) is 0 Å². The second-order valence-corrected chi connectivity index (χ2v) is 5.56. The van der Waals surface area contributed by atoms with Gasteiger partial charge in [-0.1, -0.05) is 0 Å². The summed E-state index contributed by atoms with van der Waals surface area (Å²) in [6, 6.07) is 3.99. The average Bonchev–Trinajstić information content (AvgIpc) is 2.56. The SMILES string of the molecule is COc1cc2ncnc(OC3CCC(N)CC3)c2cc1OC. The van der Waals surface area contributed by atoms with E-state index in [1.165, 1.54) is 6.33 Å². The molecule has 1 fully saturated rings. The molecule has 1 heterocycles. The fourth-order valence-corrected chi connectivity index (χ4v) is 2.82. The van der Waals surface area contributed by atoms with Gasteiger partial charge in [0, 0.05) is 12.1 Å². The zero-order valence-electron chi connectivity index (χ0n) is 12.9. The summed E-state index contributed by atoms with van der Waals surface area (Å²) in [7, 11) is 3.21. The number of benzene rings is 1. The van der Waals surface area contributed by atoms with Gasteiger partial charge in [0.2, 0.25) is 5.88 Å². The predicted molar refractivity (Wildman–Crippen MR) is 83.5 cm³/mol. The molecule has 0 aliphatic heterocycles. The van der Waals surface area contributed by atoms with Crippen LogP contribution in [0.5, 0.6) is 17.4 Å². The van der Waals surface area contributed by atoms with Gasteiger partial charge in [-0.15, -0.1) is 0 Å². The van der Waals surface area contributed by atoms with E-state index in [4.69, 9.17) is 19.9 Å². The molecule has 0 atom stereocenters. The summed E-state index contributed by atoms with van der Waals surface area (Å²) in [5.74, 6) is 1.87. The maximum Gasteiger partial charge on any atom is 0.224 e. The molecule has 1 aromatic carbocycles. The van der Waals surface area contributed by atoms with Gasteiger partial charge >= 0.3 is 0 Å². The molecule has 22 heavy (non-hydrogen) atoms. The summed E-state index contributed by atoms with van der Waals surface area (Å²) in [6.45, 7) is 0. The highest BCUT2D eigenvalue weighted by atomic mass is 16.5. The molecule has 2 N–H and O–H groups in total. The summed E-state index contributed by atoms with van der Waals surface area (Å²) in [4.78, 5) is 8.57. The fourth-order valence-electron chi connectivity index (χ4n) is 2.82. The van der Waals surface area contributed by atoms with Gasteiger partial charge in [0.15, 0.2) is 11.5 Å². The quantitative estimate of drug-likeness (QED) is 0.933. The lowest BCUT2D eigenvalue weighted by atomic mass is 9.94. The lowest BCUT2D eigenvalue weighted by Crippen LogP contribution is -2.31. The largest absolute Gasteiger partial charge is 0.493 e. The van der Waals surface area contributed by atoms with Crippen LogP contribution in [0.2, 0.25) is 0 Å². The Bertz CT molecular complexity index is 654. The Morgan fingerprint density at radius 2 is 1.68 bits per heavy atom. The van der Waals surface area contributed by atoms with Gasteiger partial charge in [0.05, 0.1) is 25.1 Å². The molecular formula is C16H21N3O3. The number of ether oxygens (including phenoxy) is 3. The third-order valence-electron chi connectivity index (χ3n) is 4.10. The maximum absolute atomic E-state index is 6.09. The van der Waals surface area contributed by atoms with Crippen LogP contribution in [0, 0.1) is 0 Å². The molecule has 6 heteroatoms. The zero-order chi connectivity index (χ0) is 15.5. The van der Waals surface area contributed by atoms with Crippen molar-refractivity contribution in [2.24, 2.45) is 5.73 Å². The van der Waals surface area contributed by atoms with E-state index in [2.05, 4.69) is 9.97 Å². The molecule has 2 aromatic rings. The summed E-state index contributed by atoms with van der Waals surface area (Å²) in [6.07, 6.45) is 5.57. The summed E-state index contributed by atoms with van der Waals surface area (Å²) in [5, 5.41) is 0.829. The first-order chi connectivity index (χ1) is 10.7. The highest BCUT2D eigenvalue weighted by Crippen LogP contribution is 2.35. The minimum absolute atomic E-state index is 0.158. The summed E-state index contributed by atoms with van der Waals surface area (Å²) < 4.78 is 16.7. The van der Waals surface area contributed by atoms with Gasteiger partial charge in [-0.25, -0.2) is 9.97 Å². The molecule has 1 aromatic heterocycles. The van der Waals surface area contributed by atoms with Gasteiger partial charge in [0.1, 0.15) is 12.4 Å². The van der Waals surface area contributed by atoms with Gasteiger partial charge in [-0.3, -0.25) is 0 Å². The van der Waals surface area contributed by atoms with E-state index in [1.807, 2.05) is 12.1 Å². The highest BCUT2D eigenvalue weighted by molar-refractivity contribution is 5.86. The molecule has 0 unspecified atom stereocenters. The van der Waals surface area contributed by atoms with Gasteiger partial charge < -0.3 is 19.9 Å². The van der Waals surface area contributed by atoms with Gasteiger partial charge in [0.25, 0.3) is 0 Å². The van der Waals surface area contributed by atoms with Crippen LogP contribution in [-0.2, 0) is 0 Å². The van der Waals surface area contributed by atoms with E-state index in [9.17, 15) is 0 Å². The molecule has 3 rings (SSSR count). The minimum atomic E-state index is 0.158. The van der Waals surface area contributed by atoms with Crippen LogP contribution in [0.15, 0.2) is 18.5 Å². The van der Waals surface area contributed by atoms with E-state index in [0.29, 0.717) is 23.4 Å². The number of methoxy groups -OCH3 is 2. The number of rotatable bonds is 4. The van der Waals surface area contributed by atoms with Crippen LogP contribution in [-0.4, -0.2) is 36.3 Å². The number of nitrogens with zero attached hydrogens (tertiary/aromatic N) is 2. The normalized spacial score (nSPS) is 21.6. The Balaban J connectivity index is 1.92. The maximum atomic E-state index is 6.09. The van der Waals surface area contributed by atoms with Crippen molar-refractivity contribution < 1.29 is 14.2 Å². The number of hydrogen-bond acceptors (Lipinski definition) is 6. The lowest BCUT2D eigenvalue weighted by Gasteiger charge is -2.26. The first-order valence-electron chi connectivity index (χ1n) is 7.50. The second-order valence-electron chi connectivity index (χ2n) is 5.56. The smallest absolute Gasteiger partial charge is 0.224 e. The molecule has 0 bridgehead atoms. The van der Waals surface area contributed by atoms with Crippen LogP contribution in [0.25, 0.3) is 10.9 Å². The van der Waals surface area contributed by atoms with Gasteiger partial charge in [-0.05, 0) is 31.7 Å². The average molecular weight is 303 g/mol. The third kappa shape index (κ3) is 2.92. The third-order valence-corrected chi connectivity index (χ3v) is 4.10. The van der Waals surface area contributed by atoms with E-state index in [0.717, 1.165) is 36.6 Å². The number of aromatic nitrogens is 2. The Labute approximate surface area is 129 Å².